The molecule has 2 amide bonds. The molecule has 0 spiro atoms. The number of phenols is 1. The van der Waals surface area contributed by atoms with Crippen LogP contribution < -0.4 is 15.4 Å². The third kappa shape index (κ3) is 6.26. The summed E-state index contributed by atoms with van der Waals surface area (Å²) in [5.74, 6) is -0.879. The Labute approximate surface area is 207 Å². The Balaban J connectivity index is 1.93. The van der Waals surface area contributed by atoms with Crippen LogP contribution in [0.1, 0.15) is 42.6 Å². The first-order valence-electron chi connectivity index (χ1n) is 10.8. The zero-order chi connectivity index (χ0) is 24.7. The maximum atomic E-state index is 13.3. The lowest BCUT2D eigenvalue weighted by atomic mass is 10.0. The Morgan fingerprint density at radius 3 is 1.79 bits per heavy atom. The lowest BCUT2D eigenvalue weighted by molar-refractivity contribution is -0.124. The van der Waals surface area contributed by atoms with Gasteiger partial charge in [-0.05, 0) is 64.7 Å². The molecule has 34 heavy (non-hydrogen) atoms. The first-order chi connectivity index (χ1) is 16.3. The molecular weight excluding hydrogens is 496 g/mol. The molecule has 3 N–H and O–H groups in total. The molecule has 176 valence electrons. The van der Waals surface area contributed by atoms with E-state index in [2.05, 4.69) is 26.6 Å². The summed E-state index contributed by atoms with van der Waals surface area (Å²) in [6, 6.07) is 21.6. The average Bonchev–Trinajstić information content (AvgIpc) is 2.85. The molecule has 0 aliphatic rings. The summed E-state index contributed by atoms with van der Waals surface area (Å²) in [4.78, 5) is 26.5. The molecule has 3 rings (SSSR count). The number of nitrogens with one attached hydrogen (secondary N) is 2. The monoisotopic (exact) mass is 522 g/mol. The fourth-order valence-corrected chi connectivity index (χ4v) is 3.89. The number of methoxy groups -OCH3 is 1. The third-order valence-electron chi connectivity index (χ3n) is 5.37. The molecule has 2 atom stereocenters. The summed E-state index contributed by atoms with van der Waals surface area (Å²) in [5.41, 5.74) is 2.29. The Morgan fingerprint density at radius 1 is 0.882 bits per heavy atom. The van der Waals surface area contributed by atoms with Crippen LogP contribution in [0, 0.1) is 0 Å². The maximum Gasteiger partial charge on any atom is 0.257 e. The van der Waals surface area contributed by atoms with Gasteiger partial charge in [0.1, 0.15) is 5.57 Å². The van der Waals surface area contributed by atoms with E-state index in [1.807, 2.05) is 74.5 Å². The number of amides is 2. The van der Waals surface area contributed by atoms with E-state index in [0.717, 1.165) is 11.1 Å². The second-order valence-electron chi connectivity index (χ2n) is 7.82. The highest BCUT2D eigenvalue weighted by Gasteiger charge is 2.23. The van der Waals surface area contributed by atoms with Crippen LogP contribution in [0.3, 0.4) is 0 Å². The molecule has 0 saturated carbocycles. The van der Waals surface area contributed by atoms with Gasteiger partial charge in [-0.1, -0.05) is 60.7 Å². The first kappa shape index (κ1) is 25.1. The van der Waals surface area contributed by atoms with Crippen molar-refractivity contribution >= 4 is 33.8 Å². The van der Waals surface area contributed by atoms with Crippen molar-refractivity contribution in [3.8, 4) is 11.5 Å². The lowest BCUT2D eigenvalue weighted by Gasteiger charge is -2.18. The quantitative estimate of drug-likeness (QED) is 0.213. The van der Waals surface area contributed by atoms with Gasteiger partial charge in [0.05, 0.1) is 23.7 Å². The SMILES string of the molecule is COc1cc(C=C(C(=O)NC(C)c2ccccc2)C(=O)NC(C)c2ccccc2)cc(Br)c1O. The fraction of sp³-hybridized carbons (Fsp3) is 0.185. The van der Waals surface area contributed by atoms with Crippen LogP contribution in [0.2, 0.25) is 0 Å². The molecular formula is C27H27BrN2O4. The standard InChI is InChI=1S/C27H27BrN2O4/c1-17(20-10-6-4-7-11-20)29-26(32)22(14-19-15-23(28)25(31)24(16-19)34-3)27(33)30-18(2)21-12-8-5-9-13-21/h4-18,31H,1-3H3,(H,29,32)(H,30,33). The highest BCUT2D eigenvalue weighted by molar-refractivity contribution is 9.10. The number of phenolic OH excluding ortho intramolecular Hbond substituents is 1. The summed E-state index contributed by atoms with van der Waals surface area (Å²) in [6.07, 6.45) is 1.48. The van der Waals surface area contributed by atoms with Crippen LogP contribution in [0.25, 0.3) is 6.08 Å². The smallest absolute Gasteiger partial charge is 0.257 e. The number of carbonyl (C=O) groups excluding carboxylic acids is 2. The predicted octanol–water partition coefficient (Wildman–Crippen LogP) is 5.30. The highest BCUT2D eigenvalue weighted by Crippen LogP contribution is 2.35. The number of hydrogen-bond donors (Lipinski definition) is 3. The molecule has 0 aromatic heterocycles. The molecule has 0 aliphatic carbocycles. The maximum absolute atomic E-state index is 13.3. The van der Waals surface area contributed by atoms with Crippen molar-refractivity contribution in [2.75, 3.05) is 7.11 Å². The summed E-state index contributed by atoms with van der Waals surface area (Å²) >= 11 is 3.28. The third-order valence-corrected chi connectivity index (χ3v) is 5.97. The minimum absolute atomic E-state index is 0.0643. The van der Waals surface area contributed by atoms with E-state index >= 15 is 0 Å². The van der Waals surface area contributed by atoms with Gasteiger partial charge in [0, 0.05) is 0 Å². The molecule has 0 saturated heterocycles. The molecule has 7 heteroatoms. The lowest BCUT2D eigenvalue weighted by Crippen LogP contribution is -2.36. The molecule has 0 radical (unpaired) electrons. The predicted molar refractivity (Wildman–Crippen MR) is 136 cm³/mol. The number of ether oxygens (including phenoxy) is 1. The van der Waals surface area contributed by atoms with E-state index in [-0.39, 0.29) is 29.2 Å². The normalized spacial score (nSPS) is 12.2. The van der Waals surface area contributed by atoms with E-state index in [1.54, 1.807) is 12.1 Å². The molecule has 2 unspecified atom stereocenters. The average molecular weight is 523 g/mol. The van der Waals surface area contributed by atoms with Gasteiger partial charge in [-0.3, -0.25) is 9.59 Å². The Morgan fingerprint density at radius 2 is 1.35 bits per heavy atom. The molecule has 0 aliphatic heterocycles. The number of carbonyl (C=O) groups is 2. The van der Waals surface area contributed by atoms with Crippen molar-refractivity contribution in [1.29, 1.82) is 0 Å². The van der Waals surface area contributed by atoms with Crippen molar-refractivity contribution in [3.05, 3.63) is 99.5 Å². The van der Waals surface area contributed by atoms with Crippen molar-refractivity contribution in [1.82, 2.24) is 10.6 Å². The summed E-state index contributed by atoms with van der Waals surface area (Å²) in [5, 5.41) is 15.9. The largest absolute Gasteiger partial charge is 0.503 e. The molecule has 0 fully saturated rings. The van der Waals surface area contributed by atoms with Gasteiger partial charge < -0.3 is 20.5 Å². The van der Waals surface area contributed by atoms with E-state index in [1.165, 1.54) is 13.2 Å². The Kier molecular flexibility index (Phi) is 8.49. The van der Waals surface area contributed by atoms with E-state index in [4.69, 9.17) is 4.74 Å². The van der Waals surface area contributed by atoms with Crippen LogP contribution in [-0.4, -0.2) is 24.0 Å². The van der Waals surface area contributed by atoms with Crippen LogP contribution in [0.4, 0.5) is 0 Å². The number of aromatic hydroxyl groups is 1. The van der Waals surface area contributed by atoms with Crippen molar-refractivity contribution in [2.24, 2.45) is 0 Å². The second kappa shape index (κ2) is 11.5. The van der Waals surface area contributed by atoms with Gasteiger partial charge >= 0.3 is 0 Å². The van der Waals surface area contributed by atoms with E-state index < -0.39 is 11.8 Å². The van der Waals surface area contributed by atoms with E-state index in [9.17, 15) is 14.7 Å². The zero-order valence-corrected chi connectivity index (χ0v) is 20.8. The van der Waals surface area contributed by atoms with E-state index in [0.29, 0.717) is 10.0 Å². The second-order valence-corrected chi connectivity index (χ2v) is 8.68. The van der Waals surface area contributed by atoms with Crippen molar-refractivity contribution < 1.29 is 19.4 Å². The zero-order valence-electron chi connectivity index (χ0n) is 19.2. The number of rotatable bonds is 8. The molecule has 6 nitrogen and oxygen atoms in total. The van der Waals surface area contributed by atoms with Gasteiger partial charge in [0.15, 0.2) is 11.5 Å². The molecule has 3 aromatic carbocycles. The number of halogens is 1. The van der Waals surface area contributed by atoms with Crippen LogP contribution in [-0.2, 0) is 9.59 Å². The molecule has 3 aromatic rings. The Hall–Kier alpha value is -3.58. The van der Waals surface area contributed by atoms with Crippen LogP contribution in [0.5, 0.6) is 11.5 Å². The van der Waals surface area contributed by atoms with Crippen LogP contribution in [0.15, 0.2) is 82.8 Å². The van der Waals surface area contributed by atoms with Gasteiger partial charge in [-0.2, -0.15) is 0 Å². The molecule has 0 bridgehead atoms. The summed E-state index contributed by atoms with van der Waals surface area (Å²) in [6.45, 7) is 3.71. The minimum Gasteiger partial charge on any atom is -0.503 e. The number of benzene rings is 3. The van der Waals surface area contributed by atoms with Gasteiger partial charge in [0.25, 0.3) is 11.8 Å². The highest BCUT2D eigenvalue weighted by atomic mass is 79.9. The minimum atomic E-state index is -0.516. The summed E-state index contributed by atoms with van der Waals surface area (Å²) < 4.78 is 5.59. The van der Waals surface area contributed by atoms with Crippen molar-refractivity contribution in [2.45, 2.75) is 25.9 Å². The summed E-state index contributed by atoms with van der Waals surface area (Å²) in [7, 11) is 1.43. The van der Waals surface area contributed by atoms with Crippen LogP contribution >= 0.6 is 15.9 Å². The van der Waals surface area contributed by atoms with Gasteiger partial charge in [-0.25, -0.2) is 0 Å². The van der Waals surface area contributed by atoms with Gasteiger partial charge in [-0.15, -0.1) is 0 Å². The Bertz CT molecular complexity index is 1120. The number of hydrogen-bond acceptors (Lipinski definition) is 4. The fourth-order valence-electron chi connectivity index (χ4n) is 3.43. The van der Waals surface area contributed by atoms with Gasteiger partial charge in [0.2, 0.25) is 0 Å². The van der Waals surface area contributed by atoms with Crippen molar-refractivity contribution in [3.63, 3.8) is 0 Å². The molecule has 0 heterocycles. The topological polar surface area (TPSA) is 87.7 Å². The first-order valence-corrected chi connectivity index (χ1v) is 11.6.